The average Bonchev–Trinajstić information content (AvgIpc) is 2.59. The van der Waals surface area contributed by atoms with Gasteiger partial charge in [0.25, 0.3) is 0 Å². The van der Waals surface area contributed by atoms with E-state index in [0.717, 1.165) is 20.9 Å². The lowest BCUT2D eigenvalue weighted by Gasteiger charge is -2.05. The molecule has 2 rings (SSSR count). The standard InChI is InChI=1S/C11H11BrN2O/c1-6(11(13)15)9-5-14-10-3-2-7(12)4-8(9)10/h2-6,14H,1H3,(H2,13,15). The molecule has 0 aliphatic rings. The fourth-order valence-corrected chi connectivity index (χ4v) is 1.99. The number of H-pyrrole nitrogens is 1. The fourth-order valence-electron chi connectivity index (χ4n) is 1.63. The van der Waals surface area contributed by atoms with Crippen molar-refractivity contribution in [2.45, 2.75) is 12.8 Å². The number of carbonyl (C=O) groups is 1. The molecule has 2 aromatic rings. The zero-order chi connectivity index (χ0) is 11.0. The van der Waals surface area contributed by atoms with E-state index in [9.17, 15) is 4.79 Å². The molecule has 1 aromatic heterocycles. The van der Waals surface area contributed by atoms with Crippen molar-refractivity contribution in [2.24, 2.45) is 5.73 Å². The Morgan fingerprint density at radius 1 is 1.53 bits per heavy atom. The van der Waals surface area contributed by atoms with E-state index in [0.29, 0.717) is 0 Å². The molecular formula is C11H11BrN2O. The van der Waals surface area contributed by atoms with Crippen LogP contribution in [0.4, 0.5) is 0 Å². The predicted octanol–water partition coefficient (Wildman–Crippen LogP) is 2.52. The van der Waals surface area contributed by atoms with Crippen LogP contribution in [0.2, 0.25) is 0 Å². The first kappa shape index (κ1) is 10.2. The molecule has 1 unspecified atom stereocenters. The Morgan fingerprint density at radius 2 is 2.27 bits per heavy atom. The Morgan fingerprint density at radius 3 is 2.93 bits per heavy atom. The van der Waals surface area contributed by atoms with E-state index < -0.39 is 0 Å². The highest BCUT2D eigenvalue weighted by atomic mass is 79.9. The number of benzene rings is 1. The summed E-state index contributed by atoms with van der Waals surface area (Å²) >= 11 is 3.41. The van der Waals surface area contributed by atoms with Gasteiger partial charge < -0.3 is 10.7 Å². The minimum Gasteiger partial charge on any atom is -0.369 e. The van der Waals surface area contributed by atoms with Crippen LogP contribution in [-0.4, -0.2) is 10.9 Å². The van der Waals surface area contributed by atoms with E-state index in [4.69, 9.17) is 5.73 Å². The molecule has 15 heavy (non-hydrogen) atoms. The molecule has 4 heteroatoms. The topological polar surface area (TPSA) is 58.9 Å². The smallest absolute Gasteiger partial charge is 0.224 e. The molecular weight excluding hydrogens is 256 g/mol. The first-order chi connectivity index (χ1) is 7.09. The quantitative estimate of drug-likeness (QED) is 0.862. The van der Waals surface area contributed by atoms with Crippen molar-refractivity contribution in [1.82, 2.24) is 4.98 Å². The Labute approximate surface area is 95.8 Å². The Hall–Kier alpha value is -1.29. The summed E-state index contributed by atoms with van der Waals surface area (Å²) in [6, 6.07) is 5.91. The van der Waals surface area contributed by atoms with Gasteiger partial charge in [0.05, 0.1) is 5.92 Å². The van der Waals surface area contributed by atoms with Crippen LogP contribution >= 0.6 is 15.9 Å². The summed E-state index contributed by atoms with van der Waals surface area (Å²) in [5.74, 6) is -0.580. The van der Waals surface area contributed by atoms with Crippen LogP contribution in [-0.2, 0) is 4.79 Å². The number of carbonyl (C=O) groups excluding carboxylic acids is 1. The van der Waals surface area contributed by atoms with Crippen molar-refractivity contribution in [3.05, 3.63) is 34.4 Å². The largest absolute Gasteiger partial charge is 0.369 e. The van der Waals surface area contributed by atoms with Crippen LogP contribution in [0.5, 0.6) is 0 Å². The summed E-state index contributed by atoms with van der Waals surface area (Å²) in [4.78, 5) is 14.2. The zero-order valence-electron chi connectivity index (χ0n) is 8.25. The summed E-state index contributed by atoms with van der Waals surface area (Å²) in [5, 5.41) is 1.04. The van der Waals surface area contributed by atoms with E-state index in [2.05, 4.69) is 20.9 Å². The number of nitrogens with two attached hydrogens (primary N) is 1. The van der Waals surface area contributed by atoms with Gasteiger partial charge in [-0.2, -0.15) is 0 Å². The highest BCUT2D eigenvalue weighted by molar-refractivity contribution is 9.10. The van der Waals surface area contributed by atoms with Gasteiger partial charge in [-0.15, -0.1) is 0 Å². The maximum atomic E-state index is 11.1. The first-order valence-electron chi connectivity index (χ1n) is 4.65. The molecule has 3 nitrogen and oxygen atoms in total. The number of halogens is 1. The molecule has 3 N–H and O–H groups in total. The van der Waals surface area contributed by atoms with Crippen LogP contribution in [0.15, 0.2) is 28.9 Å². The van der Waals surface area contributed by atoms with E-state index in [1.165, 1.54) is 0 Å². The van der Waals surface area contributed by atoms with E-state index >= 15 is 0 Å². The van der Waals surface area contributed by atoms with Crippen LogP contribution in [0.3, 0.4) is 0 Å². The van der Waals surface area contributed by atoms with Gasteiger partial charge in [0.15, 0.2) is 0 Å². The van der Waals surface area contributed by atoms with Crippen molar-refractivity contribution in [3.63, 3.8) is 0 Å². The van der Waals surface area contributed by atoms with Crippen molar-refractivity contribution in [3.8, 4) is 0 Å². The average molecular weight is 267 g/mol. The number of aromatic nitrogens is 1. The number of fused-ring (bicyclic) bond motifs is 1. The van der Waals surface area contributed by atoms with Gasteiger partial charge in [-0.05, 0) is 30.7 Å². The van der Waals surface area contributed by atoms with Crippen LogP contribution in [0.1, 0.15) is 18.4 Å². The summed E-state index contributed by atoms with van der Waals surface area (Å²) in [5.41, 5.74) is 7.25. The molecule has 78 valence electrons. The van der Waals surface area contributed by atoms with Crippen molar-refractivity contribution in [2.75, 3.05) is 0 Å². The molecule has 0 saturated carbocycles. The molecule has 1 heterocycles. The van der Waals surface area contributed by atoms with Crippen LogP contribution in [0.25, 0.3) is 10.9 Å². The number of primary amides is 1. The number of hydrogen-bond donors (Lipinski definition) is 2. The van der Waals surface area contributed by atoms with Gasteiger partial charge in [0.2, 0.25) is 5.91 Å². The van der Waals surface area contributed by atoms with Gasteiger partial charge in [0, 0.05) is 21.6 Å². The van der Waals surface area contributed by atoms with Crippen LogP contribution < -0.4 is 5.73 Å². The molecule has 1 atom stereocenters. The predicted molar refractivity (Wildman–Crippen MR) is 63.6 cm³/mol. The minimum atomic E-state index is -0.309. The highest BCUT2D eigenvalue weighted by Gasteiger charge is 2.15. The lowest BCUT2D eigenvalue weighted by atomic mass is 10.0. The Bertz CT molecular complexity index is 518. The molecule has 0 radical (unpaired) electrons. The van der Waals surface area contributed by atoms with Crippen LogP contribution in [0, 0.1) is 0 Å². The van der Waals surface area contributed by atoms with Crippen molar-refractivity contribution in [1.29, 1.82) is 0 Å². The third-order valence-electron chi connectivity index (χ3n) is 2.57. The van der Waals surface area contributed by atoms with E-state index in [1.54, 1.807) is 0 Å². The van der Waals surface area contributed by atoms with Crippen molar-refractivity contribution >= 4 is 32.7 Å². The normalized spacial score (nSPS) is 12.9. The van der Waals surface area contributed by atoms with E-state index in [1.807, 2.05) is 31.3 Å². The lowest BCUT2D eigenvalue weighted by Crippen LogP contribution is -2.18. The van der Waals surface area contributed by atoms with Gasteiger partial charge in [-0.3, -0.25) is 4.79 Å². The number of rotatable bonds is 2. The fraction of sp³-hybridized carbons (Fsp3) is 0.182. The molecule has 1 amide bonds. The molecule has 0 aliphatic carbocycles. The molecule has 1 aromatic carbocycles. The third-order valence-corrected chi connectivity index (χ3v) is 3.06. The summed E-state index contributed by atoms with van der Waals surface area (Å²) in [6.45, 7) is 1.81. The summed E-state index contributed by atoms with van der Waals surface area (Å²) in [7, 11) is 0. The minimum absolute atomic E-state index is 0.270. The van der Waals surface area contributed by atoms with Gasteiger partial charge >= 0.3 is 0 Å². The molecule has 0 saturated heterocycles. The zero-order valence-corrected chi connectivity index (χ0v) is 9.84. The monoisotopic (exact) mass is 266 g/mol. The molecule has 0 fully saturated rings. The number of aromatic amines is 1. The second-order valence-corrected chi connectivity index (χ2v) is 4.47. The number of nitrogens with one attached hydrogen (secondary N) is 1. The highest BCUT2D eigenvalue weighted by Crippen LogP contribution is 2.27. The maximum Gasteiger partial charge on any atom is 0.224 e. The van der Waals surface area contributed by atoms with E-state index in [-0.39, 0.29) is 11.8 Å². The SMILES string of the molecule is CC(C(N)=O)c1c[nH]c2ccc(Br)cc12. The van der Waals surface area contributed by atoms with Crippen molar-refractivity contribution < 1.29 is 4.79 Å². The summed E-state index contributed by atoms with van der Waals surface area (Å²) < 4.78 is 0.993. The summed E-state index contributed by atoms with van der Waals surface area (Å²) in [6.07, 6.45) is 1.84. The number of hydrogen-bond acceptors (Lipinski definition) is 1. The Kier molecular flexibility index (Phi) is 2.52. The Balaban J connectivity index is 2.61. The third kappa shape index (κ3) is 1.77. The van der Waals surface area contributed by atoms with Gasteiger partial charge in [0.1, 0.15) is 0 Å². The molecule has 0 aliphatic heterocycles. The van der Waals surface area contributed by atoms with Gasteiger partial charge in [-0.25, -0.2) is 0 Å². The molecule has 0 bridgehead atoms. The number of amides is 1. The van der Waals surface area contributed by atoms with Gasteiger partial charge in [-0.1, -0.05) is 15.9 Å². The maximum absolute atomic E-state index is 11.1. The first-order valence-corrected chi connectivity index (χ1v) is 5.44. The lowest BCUT2D eigenvalue weighted by molar-refractivity contribution is -0.119. The molecule has 0 spiro atoms. The second-order valence-electron chi connectivity index (χ2n) is 3.56. The second kappa shape index (κ2) is 3.70.